The lowest BCUT2D eigenvalue weighted by atomic mass is 9.87. The van der Waals surface area contributed by atoms with E-state index >= 15 is 0 Å². The lowest BCUT2D eigenvalue weighted by molar-refractivity contribution is 0.578. The highest BCUT2D eigenvalue weighted by atomic mass is 79.9. The van der Waals surface area contributed by atoms with Crippen molar-refractivity contribution in [1.82, 2.24) is 0 Å². The van der Waals surface area contributed by atoms with Gasteiger partial charge in [-0.2, -0.15) is 0 Å². The molecule has 0 saturated carbocycles. The van der Waals surface area contributed by atoms with Crippen molar-refractivity contribution < 1.29 is 0 Å². The highest BCUT2D eigenvalue weighted by Gasteiger charge is 2.33. The van der Waals surface area contributed by atoms with Gasteiger partial charge in [0.15, 0.2) is 0 Å². The van der Waals surface area contributed by atoms with Gasteiger partial charge in [0.2, 0.25) is 0 Å². The van der Waals surface area contributed by atoms with Gasteiger partial charge in [0, 0.05) is 28.1 Å². The summed E-state index contributed by atoms with van der Waals surface area (Å²) in [7, 11) is 0. The number of nitrogens with zero attached hydrogens (tertiary/aromatic N) is 1. The van der Waals surface area contributed by atoms with E-state index in [1.165, 1.54) is 11.3 Å². The van der Waals surface area contributed by atoms with Gasteiger partial charge in [-0.15, -0.1) is 0 Å². The Morgan fingerprint density at radius 2 is 2.00 bits per heavy atom. The van der Waals surface area contributed by atoms with Gasteiger partial charge in [-0.3, -0.25) is 0 Å². The van der Waals surface area contributed by atoms with Crippen molar-refractivity contribution in [3.63, 3.8) is 0 Å². The summed E-state index contributed by atoms with van der Waals surface area (Å²) in [6.45, 7) is 5.59. The maximum Gasteiger partial charge on any atom is 0.0509 e. The fourth-order valence-corrected chi connectivity index (χ4v) is 2.71. The standard InChI is InChI=1S/C10H12BrN/c1-10(2)7-12(11)9-6-4-3-5-8(9)10/h3-6H,7H2,1-2H3. The Labute approximate surface area is 81.7 Å². The number of fused-ring (bicyclic) bond motifs is 1. The van der Waals surface area contributed by atoms with Crippen LogP contribution < -0.4 is 3.93 Å². The third kappa shape index (κ3) is 1.06. The Balaban J connectivity index is 2.58. The highest BCUT2D eigenvalue weighted by Crippen LogP contribution is 2.41. The van der Waals surface area contributed by atoms with Crippen molar-refractivity contribution in [2.75, 3.05) is 10.5 Å². The van der Waals surface area contributed by atoms with E-state index in [0.717, 1.165) is 6.54 Å². The summed E-state index contributed by atoms with van der Waals surface area (Å²) in [6.07, 6.45) is 0. The average molecular weight is 226 g/mol. The average Bonchev–Trinajstić information content (AvgIpc) is 2.25. The van der Waals surface area contributed by atoms with Crippen molar-refractivity contribution in [3.05, 3.63) is 29.8 Å². The Kier molecular flexibility index (Phi) is 1.69. The molecule has 0 fully saturated rings. The monoisotopic (exact) mass is 225 g/mol. The second-order valence-electron chi connectivity index (χ2n) is 3.92. The molecule has 0 bridgehead atoms. The molecule has 0 radical (unpaired) electrons. The second kappa shape index (κ2) is 2.49. The van der Waals surface area contributed by atoms with Crippen LogP contribution in [0, 0.1) is 0 Å². The van der Waals surface area contributed by atoms with E-state index in [4.69, 9.17) is 0 Å². The summed E-state index contributed by atoms with van der Waals surface area (Å²) in [4.78, 5) is 0. The molecule has 1 aromatic rings. The number of hydrogen-bond donors (Lipinski definition) is 0. The number of benzene rings is 1. The lowest BCUT2D eigenvalue weighted by Gasteiger charge is -2.17. The Bertz CT molecular complexity index is 306. The number of para-hydroxylation sites is 1. The molecule has 0 aromatic heterocycles. The van der Waals surface area contributed by atoms with Crippen molar-refractivity contribution >= 4 is 21.8 Å². The fraction of sp³-hybridized carbons (Fsp3) is 0.400. The largest absolute Gasteiger partial charge is 0.308 e. The van der Waals surface area contributed by atoms with Gasteiger partial charge < -0.3 is 3.93 Å². The smallest absolute Gasteiger partial charge is 0.0509 e. The molecule has 1 aliphatic rings. The van der Waals surface area contributed by atoms with Crippen LogP contribution in [-0.4, -0.2) is 6.54 Å². The van der Waals surface area contributed by atoms with E-state index in [9.17, 15) is 0 Å². The lowest BCUT2D eigenvalue weighted by Crippen LogP contribution is -2.21. The van der Waals surface area contributed by atoms with Crippen molar-refractivity contribution in [2.45, 2.75) is 19.3 Å². The third-order valence-electron chi connectivity index (χ3n) is 2.43. The van der Waals surface area contributed by atoms with Crippen LogP contribution >= 0.6 is 16.1 Å². The van der Waals surface area contributed by atoms with Crippen LogP contribution in [0.1, 0.15) is 19.4 Å². The molecule has 0 amide bonds. The zero-order valence-corrected chi connectivity index (χ0v) is 8.93. The molecule has 0 spiro atoms. The number of rotatable bonds is 0. The predicted octanol–water partition coefficient (Wildman–Crippen LogP) is 3.09. The van der Waals surface area contributed by atoms with E-state index in [1.807, 2.05) is 0 Å². The first-order valence-electron chi connectivity index (χ1n) is 4.14. The Hall–Kier alpha value is -0.500. The first-order valence-corrected chi connectivity index (χ1v) is 4.85. The van der Waals surface area contributed by atoms with E-state index < -0.39 is 0 Å². The Morgan fingerprint density at radius 1 is 1.33 bits per heavy atom. The minimum absolute atomic E-state index is 0.278. The highest BCUT2D eigenvalue weighted by molar-refractivity contribution is 9.10. The molecule has 1 aromatic carbocycles. The number of hydrogen-bond acceptors (Lipinski definition) is 1. The van der Waals surface area contributed by atoms with E-state index in [2.05, 4.69) is 58.2 Å². The topological polar surface area (TPSA) is 3.24 Å². The van der Waals surface area contributed by atoms with Crippen LogP contribution in [0.4, 0.5) is 5.69 Å². The quantitative estimate of drug-likeness (QED) is 0.614. The predicted molar refractivity (Wildman–Crippen MR) is 55.7 cm³/mol. The molecule has 64 valence electrons. The van der Waals surface area contributed by atoms with Gasteiger partial charge in [-0.25, -0.2) is 0 Å². The summed E-state index contributed by atoms with van der Waals surface area (Å²) < 4.78 is 2.14. The van der Waals surface area contributed by atoms with Crippen LogP contribution in [0.25, 0.3) is 0 Å². The van der Waals surface area contributed by atoms with Crippen LogP contribution in [-0.2, 0) is 5.41 Å². The van der Waals surface area contributed by atoms with E-state index in [0.29, 0.717) is 0 Å². The molecule has 0 saturated heterocycles. The van der Waals surface area contributed by atoms with Crippen LogP contribution in [0.15, 0.2) is 24.3 Å². The molecule has 0 atom stereocenters. The molecule has 1 nitrogen and oxygen atoms in total. The molecule has 0 unspecified atom stereocenters. The van der Waals surface area contributed by atoms with Crippen molar-refractivity contribution in [1.29, 1.82) is 0 Å². The summed E-state index contributed by atoms with van der Waals surface area (Å²) in [5, 5.41) is 0. The molecule has 12 heavy (non-hydrogen) atoms. The summed E-state index contributed by atoms with van der Waals surface area (Å²) in [5.41, 5.74) is 3.02. The normalized spacial score (nSPS) is 19.4. The van der Waals surface area contributed by atoms with Crippen LogP contribution in [0.3, 0.4) is 0 Å². The van der Waals surface area contributed by atoms with Gasteiger partial charge in [0.25, 0.3) is 0 Å². The minimum atomic E-state index is 0.278. The first kappa shape index (κ1) is 8.11. The third-order valence-corrected chi connectivity index (χ3v) is 3.06. The van der Waals surface area contributed by atoms with Gasteiger partial charge in [-0.05, 0) is 11.6 Å². The Morgan fingerprint density at radius 3 is 2.67 bits per heavy atom. The zero-order chi connectivity index (χ0) is 8.77. The summed E-state index contributed by atoms with van der Waals surface area (Å²) in [5.74, 6) is 0. The van der Waals surface area contributed by atoms with Gasteiger partial charge in [-0.1, -0.05) is 32.0 Å². The SMILES string of the molecule is CC1(C)CN(Br)c2ccccc21. The number of anilines is 1. The van der Waals surface area contributed by atoms with Crippen molar-refractivity contribution in [3.8, 4) is 0 Å². The van der Waals surface area contributed by atoms with Gasteiger partial charge in [0.05, 0.1) is 5.69 Å². The molecule has 1 heterocycles. The maximum absolute atomic E-state index is 3.55. The van der Waals surface area contributed by atoms with E-state index in [-0.39, 0.29) is 5.41 Å². The maximum atomic E-state index is 3.55. The zero-order valence-electron chi connectivity index (χ0n) is 7.34. The molecule has 0 N–H and O–H groups in total. The molecular formula is C10H12BrN. The number of halogens is 1. The molecule has 2 heteroatoms. The minimum Gasteiger partial charge on any atom is -0.308 e. The van der Waals surface area contributed by atoms with Crippen molar-refractivity contribution in [2.24, 2.45) is 0 Å². The summed E-state index contributed by atoms with van der Waals surface area (Å²) >= 11 is 3.55. The molecule has 1 aliphatic heterocycles. The van der Waals surface area contributed by atoms with Crippen LogP contribution in [0.2, 0.25) is 0 Å². The first-order chi connectivity index (χ1) is 5.61. The summed E-state index contributed by atoms with van der Waals surface area (Å²) in [6, 6.07) is 8.54. The van der Waals surface area contributed by atoms with Gasteiger partial charge in [0.1, 0.15) is 0 Å². The fourth-order valence-electron chi connectivity index (χ4n) is 1.77. The second-order valence-corrected chi connectivity index (χ2v) is 4.78. The van der Waals surface area contributed by atoms with E-state index in [1.54, 1.807) is 0 Å². The molecule has 0 aliphatic carbocycles. The van der Waals surface area contributed by atoms with Crippen LogP contribution in [0.5, 0.6) is 0 Å². The molecular weight excluding hydrogens is 214 g/mol. The van der Waals surface area contributed by atoms with Gasteiger partial charge >= 0.3 is 0 Å². The molecule has 2 rings (SSSR count).